The molecule has 1 N–H and O–H groups in total. The number of amides is 2. The summed E-state index contributed by atoms with van der Waals surface area (Å²) < 4.78 is 15.5. The summed E-state index contributed by atoms with van der Waals surface area (Å²) >= 11 is 0. The quantitative estimate of drug-likeness (QED) is 0.806. The highest BCUT2D eigenvalue weighted by Gasteiger charge is 2.25. The lowest BCUT2D eigenvalue weighted by Crippen LogP contribution is -2.46. The van der Waals surface area contributed by atoms with E-state index in [0.29, 0.717) is 32.0 Å². The minimum absolute atomic E-state index is 0.189. The number of esters is 1. The summed E-state index contributed by atoms with van der Waals surface area (Å²) in [5.41, 5.74) is 0.790. The summed E-state index contributed by atoms with van der Waals surface area (Å²) in [6.07, 6.45) is 0.529. The van der Waals surface area contributed by atoms with Crippen molar-refractivity contribution in [3.8, 4) is 0 Å². The van der Waals surface area contributed by atoms with Crippen LogP contribution in [0, 0.1) is 0 Å². The Labute approximate surface area is 156 Å². The first-order chi connectivity index (χ1) is 13.0. The average molecular weight is 372 g/mol. The summed E-state index contributed by atoms with van der Waals surface area (Å²) in [4.78, 5) is 38.1. The minimum atomic E-state index is -0.881. The Morgan fingerprint density at radius 1 is 1.11 bits per heavy atom. The summed E-state index contributed by atoms with van der Waals surface area (Å²) in [6.45, 7) is 3.50. The third-order valence-corrected chi connectivity index (χ3v) is 4.08. The molecule has 1 atom stereocenters. The van der Waals surface area contributed by atoms with Gasteiger partial charge in [0.1, 0.15) is 0 Å². The molecule has 3 rings (SSSR count). The molecule has 0 saturated carbocycles. The standard InChI is InChI=1S/C19H20N2O6/c1-13(18(23)21-8-11-25-12-9-21)27-19(24)14-4-6-15(7-5-14)20-17(22)16-3-2-10-26-16/h2-7,10,13H,8-9,11-12H2,1H3,(H,20,22). The summed E-state index contributed by atoms with van der Waals surface area (Å²) in [6, 6.07) is 9.36. The molecule has 8 nitrogen and oxygen atoms in total. The van der Waals surface area contributed by atoms with Crippen LogP contribution in [-0.4, -0.2) is 55.1 Å². The monoisotopic (exact) mass is 372 g/mol. The second-order valence-electron chi connectivity index (χ2n) is 5.99. The summed E-state index contributed by atoms with van der Waals surface area (Å²) in [7, 11) is 0. The molecule has 1 unspecified atom stereocenters. The predicted molar refractivity (Wildman–Crippen MR) is 95.4 cm³/mol. The Bertz CT molecular complexity index is 794. The fraction of sp³-hybridized carbons (Fsp3) is 0.316. The van der Waals surface area contributed by atoms with Crippen molar-refractivity contribution in [1.29, 1.82) is 0 Å². The molecule has 142 valence electrons. The van der Waals surface area contributed by atoms with Gasteiger partial charge in [0, 0.05) is 18.8 Å². The zero-order valence-electron chi connectivity index (χ0n) is 14.8. The van der Waals surface area contributed by atoms with Gasteiger partial charge in [0.05, 0.1) is 25.0 Å². The molecule has 1 aliphatic heterocycles. The number of nitrogens with zero attached hydrogens (tertiary/aromatic N) is 1. The zero-order chi connectivity index (χ0) is 19.2. The number of anilines is 1. The molecule has 0 aliphatic carbocycles. The van der Waals surface area contributed by atoms with Crippen LogP contribution in [0.2, 0.25) is 0 Å². The van der Waals surface area contributed by atoms with Crippen molar-refractivity contribution in [3.05, 3.63) is 54.0 Å². The van der Waals surface area contributed by atoms with Crippen LogP contribution in [-0.2, 0) is 14.3 Å². The third-order valence-electron chi connectivity index (χ3n) is 4.08. The Balaban J connectivity index is 1.55. The van der Waals surface area contributed by atoms with Crippen molar-refractivity contribution >= 4 is 23.5 Å². The fourth-order valence-corrected chi connectivity index (χ4v) is 2.61. The second kappa shape index (κ2) is 8.50. The zero-order valence-corrected chi connectivity index (χ0v) is 14.8. The highest BCUT2D eigenvalue weighted by molar-refractivity contribution is 6.02. The van der Waals surface area contributed by atoms with Crippen molar-refractivity contribution in [3.63, 3.8) is 0 Å². The van der Waals surface area contributed by atoms with E-state index in [1.807, 2.05) is 0 Å². The lowest BCUT2D eigenvalue weighted by molar-refractivity contribution is -0.143. The van der Waals surface area contributed by atoms with Gasteiger partial charge in [-0.2, -0.15) is 0 Å². The number of carbonyl (C=O) groups is 3. The van der Waals surface area contributed by atoms with Gasteiger partial charge in [-0.25, -0.2) is 4.79 Å². The van der Waals surface area contributed by atoms with Gasteiger partial charge in [0.25, 0.3) is 11.8 Å². The van der Waals surface area contributed by atoms with Gasteiger partial charge in [-0.1, -0.05) is 0 Å². The maximum atomic E-state index is 12.3. The number of furan rings is 1. The first-order valence-electron chi connectivity index (χ1n) is 8.57. The van der Waals surface area contributed by atoms with Gasteiger partial charge in [-0.15, -0.1) is 0 Å². The Morgan fingerprint density at radius 3 is 2.44 bits per heavy atom. The molecule has 8 heteroatoms. The Hall–Kier alpha value is -3.13. The SMILES string of the molecule is CC(OC(=O)c1ccc(NC(=O)c2ccco2)cc1)C(=O)N1CCOCC1. The highest BCUT2D eigenvalue weighted by Crippen LogP contribution is 2.14. The molecule has 0 bridgehead atoms. The first-order valence-corrected chi connectivity index (χ1v) is 8.57. The van der Waals surface area contributed by atoms with Gasteiger partial charge in [0.2, 0.25) is 0 Å². The predicted octanol–water partition coefficient (Wildman–Crippen LogP) is 1.94. The smallest absolute Gasteiger partial charge is 0.338 e. The van der Waals surface area contributed by atoms with Crippen LogP contribution < -0.4 is 5.32 Å². The van der Waals surface area contributed by atoms with Gasteiger partial charge in [-0.3, -0.25) is 9.59 Å². The molecule has 1 fully saturated rings. The molecule has 1 aliphatic rings. The lowest BCUT2D eigenvalue weighted by Gasteiger charge is -2.28. The van der Waals surface area contributed by atoms with Crippen molar-refractivity contribution in [2.75, 3.05) is 31.6 Å². The molecule has 1 aromatic carbocycles. The van der Waals surface area contributed by atoms with Crippen LogP contribution in [0.25, 0.3) is 0 Å². The normalized spacial score (nSPS) is 15.1. The molecule has 1 saturated heterocycles. The van der Waals surface area contributed by atoms with Gasteiger partial charge < -0.3 is 24.1 Å². The van der Waals surface area contributed by atoms with E-state index in [0.717, 1.165) is 0 Å². The van der Waals surface area contributed by atoms with E-state index in [4.69, 9.17) is 13.9 Å². The minimum Gasteiger partial charge on any atom is -0.459 e. The number of rotatable bonds is 5. The van der Waals surface area contributed by atoms with Crippen LogP contribution in [0.1, 0.15) is 27.8 Å². The maximum absolute atomic E-state index is 12.3. The van der Waals surface area contributed by atoms with Crippen molar-refractivity contribution in [2.24, 2.45) is 0 Å². The molecule has 2 heterocycles. The number of hydrogen-bond donors (Lipinski definition) is 1. The Morgan fingerprint density at radius 2 is 1.81 bits per heavy atom. The van der Waals surface area contributed by atoms with Crippen LogP contribution in [0.4, 0.5) is 5.69 Å². The summed E-state index contributed by atoms with van der Waals surface area (Å²) in [5.74, 6) is -1.05. The van der Waals surface area contributed by atoms with Crippen LogP contribution in [0.15, 0.2) is 47.1 Å². The molecule has 0 radical (unpaired) electrons. The van der Waals surface area contributed by atoms with Gasteiger partial charge in [-0.05, 0) is 43.3 Å². The van der Waals surface area contributed by atoms with Crippen molar-refractivity contribution in [1.82, 2.24) is 4.90 Å². The van der Waals surface area contributed by atoms with E-state index < -0.39 is 12.1 Å². The van der Waals surface area contributed by atoms with Gasteiger partial charge in [0.15, 0.2) is 11.9 Å². The highest BCUT2D eigenvalue weighted by atomic mass is 16.5. The van der Waals surface area contributed by atoms with E-state index in [1.54, 1.807) is 36.1 Å². The molecule has 2 aromatic rings. The van der Waals surface area contributed by atoms with Gasteiger partial charge >= 0.3 is 5.97 Å². The average Bonchev–Trinajstić information content (AvgIpc) is 3.23. The van der Waals surface area contributed by atoms with Crippen LogP contribution in [0.5, 0.6) is 0 Å². The molecular formula is C19H20N2O6. The lowest BCUT2D eigenvalue weighted by atomic mass is 10.2. The van der Waals surface area contributed by atoms with E-state index in [-0.39, 0.29) is 23.1 Å². The second-order valence-corrected chi connectivity index (χ2v) is 5.99. The van der Waals surface area contributed by atoms with E-state index in [9.17, 15) is 14.4 Å². The van der Waals surface area contributed by atoms with Crippen LogP contribution in [0.3, 0.4) is 0 Å². The van der Waals surface area contributed by atoms with E-state index >= 15 is 0 Å². The van der Waals surface area contributed by atoms with Crippen molar-refractivity contribution in [2.45, 2.75) is 13.0 Å². The number of hydrogen-bond acceptors (Lipinski definition) is 6. The number of nitrogens with one attached hydrogen (secondary N) is 1. The van der Waals surface area contributed by atoms with E-state index in [2.05, 4.69) is 5.32 Å². The molecule has 2 amide bonds. The molecular weight excluding hydrogens is 352 g/mol. The number of carbonyl (C=O) groups excluding carboxylic acids is 3. The molecule has 27 heavy (non-hydrogen) atoms. The maximum Gasteiger partial charge on any atom is 0.338 e. The molecule has 1 aromatic heterocycles. The largest absolute Gasteiger partial charge is 0.459 e. The third kappa shape index (κ3) is 4.73. The first kappa shape index (κ1) is 18.7. The van der Waals surface area contributed by atoms with Crippen molar-refractivity contribution < 1.29 is 28.3 Å². The number of morpholine rings is 1. The number of ether oxygens (including phenoxy) is 2. The topological polar surface area (TPSA) is 98.1 Å². The van der Waals surface area contributed by atoms with E-state index in [1.165, 1.54) is 18.4 Å². The molecule has 0 spiro atoms. The Kier molecular flexibility index (Phi) is 5.87. The fourth-order valence-electron chi connectivity index (χ4n) is 2.61. The van der Waals surface area contributed by atoms with Crippen LogP contribution >= 0.6 is 0 Å². The number of benzene rings is 1. The summed E-state index contributed by atoms with van der Waals surface area (Å²) in [5, 5.41) is 2.66.